The predicted octanol–water partition coefficient (Wildman–Crippen LogP) is 2.77. The number of aryl methyl sites for hydroxylation is 1. The molecule has 1 heterocycles. The Morgan fingerprint density at radius 1 is 1.38 bits per heavy atom. The fourth-order valence-electron chi connectivity index (χ4n) is 1.16. The number of methoxy groups -OCH3 is 1. The van der Waals surface area contributed by atoms with E-state index in [9.17, 15) is 17.6 Å². The molecule has 0 fully saturated rings. The van der Waals surface area contributed by atoms with Gasteiger partial charge in [-0.2, -0.15) is 0 Å². The monoisotopic (exact) mass is 239 g/mol. The molecule has 0 amide bonds. The van der Waals surface area contributed by atoms with Gasteiger partial charge >= 0.3 is 6.36 Å². The van der Waals surface area contributed by atoms with Crippen molar-refractivity contribution in [2.45, 2.75) is 20.0 Å². The van der Waals surface area contributed by atoms with Gasteiger partial charge in [-0.25, -0.2) is 4.39 Å². The van der Waals surface area contributed by atoms with Crippen molar-refractivity contribution in [1.29, 1.82) is 0 Å². The van der Waals surface area contributed by atoms with E-state index in [1.54, 1.807) is 0 Å². The van der Waals surface area contributed by atoms with Gasteiger partial charge in [0.05, 0.1) is 7.11 Å². The van der Waals surface area contributed by atoms with E-state index in [1.807, 2.05) is 0 Å². The highest BCUT2D eigenvalue weighted by Gasteiger charge is 2.34. The zero-order valence-electron chi connectivity index (χ0n) is 8.56. The van der Waals surface area contributed by atoms with Crippen molar-refractivity contribution in [3.8, 4) is 11.5 Å². The van der Waals surface area contributed by atoms with E-state index in [0.717, 1.165) is 0 Å². The first kappa shape index (κ1) is 12.5. The molecule has 0 radical (unpaired) electrons. The van der Waals surface area contributed by atoms with Crippen LogP contribution < -0.4 is 9.47 Å². The van der Waals surface area contributed by atoms with Crippen LogP contribution in [0.1, 0.15) is 11.4 Å². The van der Waals surface area contributed by atoms with Crippen molar-refractivity contribution < 1.29 is 27.0 Å². The summed E-state index contributed by atoms with van der Waals surface area (Å²) < 4.78 is 57.0. The highest BCUT2D eigenvalue weighted by atomic mass is 19.4. The SMILES string of the molecule is COc1cc(C)nc(CF)c1OC(F)(F)F. The number of hydrogen-bond donors (Lipinski definition) is 0. The van der Waals surface area contributed by atoms with Crippen LogP contribution in [0.4, 0.5) is 17.6 Å². The van der Waals surface area contributed by atoms with Crippen molar-refractivity contribution in [2.24, 2.45) is 0 Å². The second kappa shape index (κ2) is 4.54. The van der Waals surface area contributed by atoms with Crippen LogP contribution in [0.5, 0.6) is 11.5 Å². The Morgan fingerprint density at radius 2 is 2.00 bits per heavy atom. The molecule has 0 atom stereocenters. The van der Waals surface area contributed by atoms with Crippen molar-refractivity contribution in [3.05, 3.63) is 17.5 Å². The minimum Gasteiger partial charge on any atom is -0.493 e. The lowest BCUT2D eigenvalue weighted by Crippen LogP contribution is -2.19. The van der Waals surface area contributed by atoms with Crippen LogP contribution in [-0.2, 0) is 6.67 Å². The Labute approximate surface area is 89.0 Å². The molecule has 7 heteroatoms. The van der Waals surface area contributed by atoms with Crippen LogP contribution in [0.25, 0.3) is 0 Å². The summed E-state index contributed by atoms with van der Waals surface area (Å²) in [5.41, 5.74) is -0.0896. The molecular formula is C9H9F4NO2. The van der Waals surface area contributed by atoms with Gasteiger partial charge < -0.3 is 9.47 Å². The van der Waals surface area contributed by atoms with E-state index in [0.29, 0.717) is 5.69 Å². The molecule has 0 aromatic carbocycles. The molecule has 16 heavy (non-hydrogen) atoms. The highest BCUT2D eigenvalue weighted by molar-refractivity contribution is 5.44. The molecule has 0 aliphatic rings. The number of nitrogens with zero attached hydrogens (tertiary/aromatic N) is 1. The van der Waals surface area contributed by atoms with E-state index < -0.39 is 24.5 Å². The highest BCUT2D eigenvalue weighted by Crippen LogP contribution is 2.35. The summed E-state index contributed by atoms with van der Waals surface area (Å²) in [6.07, 6.45) is -4.91. The zero-order valence-corrected chi connectivity index (χ0v) is 8.56. The Balaban J connectivity index is 3.22. The van der Waals surface area contributed by atoms with Gasteiger partial charge in [-0.15, -0.1) is 13.2 Å². The van der Waals surface area contributed by atoms with E-state index in [1.165, 1.54) is 20.1 Å². The molecule has 3 nitrogen and oxygen atoms in total. The molecule has 0 saturated carbocycles. The smallest absolute Gasteiger partial charge is 0.493 e. The number of hydrogen-bond acceptors (Lipinski definition) is 3. The second-order valence-corrected chi connectivity index (χ2v) is 2.92. The average Bonchev–Trinajstić information content (AvgIpc) is 2.18. The fraction of sp³-hybridized carbons (Fsp3) is 0.444. The Morgan fingerprint density at radius 3 is 2.44 bits per heavy atom. The molecule has 90 valence electrons. The van der Waals surface area contributed by atoms with Crippen LogP contribution >= 0.6 is 0 Å². The summed E-state index contributed by atoms with van der Waals surface area (Å²) in [7, 11) is 1.17. The number of rotatable bonds is 3. The number of ether oxygens (including phenoxy) is 2. The van der Waals surface area contributed by atoms with Crippen molar-refractivity contribution >= 4 is 0 Å². The maximum absolute atomic E-state index is 12.5. The van der Waals surface area contributed by atoms with E-state index in [-0.39, 0.29) is 5.75 Å². The molecule has 0 bridgehead atoms. The Kier molecular flexibility index (Phi) is 3.56. The Hall–Kier alpha value is -1.53. The van der Waals surface area contributed by atoms with Gasteiger partial charge in [0.2, 0.25) is 0 Å². The average molecular weight is 239 g/mol. The van der Waals surface area contributed by atoms with Crippen molar-refractivity contribution in [2.75, 3.05) is 7.11 Å². The van der Waals surface area contributed by atoms with Gasteiger partial charge in [-0.05, 0) is 6.92 Å². The van der Waals surface area contributed by atoms with Crippen LogP contribution in [0.15, 0.2) is 6.07 Å². The molecule has 0 N–H and O–H groups in total. The standard InChI is InChI=1S/C9H9F4NO2/c1-5-3-7(15-2)8(6(4-10)14-5)16-9(11,12)13/h3H,4H2,1-2H3. The Bertz CT molecular complexity index is 353. The summed E-state index contributed by atoms with van der Waals surface area (Å²) >= 11 is 0. The van der Waals surface area contributed by atoms with Crippen LogP contribution in [0.2, 0.25) is 0 Å². The minimum absolute atomic E-state index is 0.197. The first-order valence-electron chi connectivity index (χ1n) is 4.23. The van der Waals surface area contributed by atoms with Gasteiger partial charge in [0, 0.05) is 11.8 Å². The lowest BCUT2D eigenvalue weighted by molar-refractivity contribution is -0.275. The second-order valence-electron chi connectivity index (χ2n) is 2.92. The van der Waals surface area contributed by atoms with Gasteiger partial charge in [0.1, 0.15) is 12.4 Å². The topological polar surface area (TPSA) is 31.4 Å². The minimum atomic E-state index is -4.91. The predicted molar refractivity (Wildman–Crippen MR) is 47.0 cm³/mol. The third-order valence-corrected chi connectivity index (χ3v) is 1.70. The lowest BCUT2D eigenvalue weighted by atomic mass is 10.2. The summed E-state index contributed by atoms with van der Waals surface area (Å²) in [4.78, 5) is 3.60. The summed E-state index contributed by atoms with van der Waals surface area (Å²) in [6, 6.07) is 1.24. The molecular weight excluding hydrogens is 230 g/mol. The molecule has 0 saturated heterocycles. The van der Waals surface area contributed by atoms with Crippen LogP contribution in [-0.4, -0.2) is 18.5 Å². The first-order valence-corrected chi connectivity index (χ1v) is 4.23. The molecule has 0 aliphatic heterocycles. The third-order valence-electron chi connectivity index (χ3n) is 1.70. The number of aromatic nitrogens is 1. The summed E-state index contributed by atoms with van der Waals surface area (Å²) in [5, 5.41) is 0. The summed E-state index contributed by atoms with van der Waals surface area (Å²) in [6.45, 7) is 0.350. The van der Waals surface area contributed by atoms with Gasteiger partial charge in [0.25, 0.3) is 0 Å². The van der Waals surface area contributed by atoms with Crippen LogP contribution in [0.3, 0.4) is 0 Å². The van der Waals surface area contributed by atoms with Crippen LogP contribution in [0, 0.1) is 6.92 Å². The normalized spacial score (nSPS) is 11.4. The maximum Gasteiger partial charge on any atom is 0.573 e. The van der Waals surface area contributed by atoms with Crippen molar-refractivity contribution in [1.82, 2.24) is 4.98 Å². The van der Waals surface area contributed by atoms with E-state index in [4.69, 9.17) is 0 Å². The number of pyridine rings is 1. The molecule has 1 aromatic heterocycles. The largest absolute Gasteiger partial charge is 0.573 e. The quantitative estimate of drug-likeness (QED) is 0.760. The van der Waals surface area contributed by atoms with Gasteiger partial charge in [-0.1, -0.05) is 0 Å². The van der Waals surface area contributed by atoms with Gasteiger partial charge in [0.15, 0.2) is 11.5 Å². The number of halogens is 4. The molecule has 1 rings (SSSR count). The van der Waals surface area contributed by atoms with Crippen molar-refractivity contribution in [3.63, 3.8) is 0 Å². The van der Waals surface area contributed by atoms with Gasteiger partial charge in [-0.3, -0.25) is 4.98 Å². The molecule has 1 aromatic rings. The summed E-state index contributed by atoms with van der Waals surface area (Å²) in [5.74, 6) is -0.930. The molecule has 0 aliphatic carbocycles. The molecule has 0 spiro atoms. The fourth-order valence-corrected chi connectivity index (χ4v) is 1.16. The first-order chi connectivity index (χ1) is 7.37. The van der Waals surface area contributed by atoms with E-state index >= 15 is 0 Å². The van der Waals surface area contributed by atoms with E-state index in [2.05, 4.69) is 14.5 Å². The lowest BCUT2D eigenvalue weighted by Gasteiger charge is -2.15. The number of alkyl halides is 4. The molecule has 0 unspecified atom stereocenters. The third kappa shape index (κ3) is 2.98. The zero-order chi connectivity index (χ0) is 12.3. The maximum atomic E-state index is 12.5.